The maximum Gasteiger partial charge on any atom is 0.351 e. The summed E-state index contributed by atoms with van der Waals surface area (Å²) in [5.41, 5.74) is 4.91. The van der Waals surface area contributed by atoms with Crippen LogP contribution < -0.4 is 11.4 Å². The minimum absolute atomic E-state index is 0.165. The zero-order valence-electron chi connectivity index (χ0n) is 9.44. The van der Waals surface area contributed by atoms with Gasteiger partial charge in [-0.1, -0.05) is 0 Å². The molecule has 1 fully saturated rings. The van der Waals surface area contributed by atoms with Gasteiger partial charge in [0, 0.05) is 19.7 Å². The molecule has 0 aromatic carbocycles. The number of hydrogen-bond acceptors (Lipinski definition) is 6. The van der Waals surface area contributed by atoms with Gasteiger partial charge in [-0.05, 0) is 6.07 Å². The Labute approximate surface area is 97.8 Å². The van der Waals surface area contributed by atoms with Crippen molar-refractivity contribution in [2.24, 2.45) is 0 Å². The van der Waals surface area contributed by atoms with Crippen molar-refractivity contribution in [3.63, 3.8) is 0 Å². The summed E-state index contributed by atoms with van der Waals surface area (Å²) in [5.74, 6) is 0.165. The minimum atomic E-state index is -0.649. The van der Waals surface area contributed by atoms with Crippen LogP contribution in [0.25, 0.3) is 0 Å². The molecule has 0 saturated carbocycles. The third-order valence-corrected chi connectivity index (χ3v) is 2.70. The van der Waals surface area contributed by atoms with Gasteiger partial charge < -0.3 is 20.3 Å². The molecule has 7 heteroatoms. The van der Waals surface area contributed by atoms with Crippen LogP contribution in [-0.2, 0) is 9.47 Å². The van der Waals surface area contributed by atoms with Crippen LogP contribution in [0, 0.1) is 0 Å². The topological polar surface area (TPSA) is 99.6 Å². The molecule has 0 radical (unpaired) electrons. The van der Waals surface area contributed by atoms with Gasteiger partial charge in [0.05, 0.1) is 12.7 Å². The van der Waals surface area contributed by atoms with E-state index in [1.807, 2.05) is 0 Å². The Morgan fingerprint density at radius 2 is 2.53 bits per heavy atom. The highest BCUT2D eigenvalue weighted by Gasteiger charge is 2.35. The summed E-state index contributed by atoms with van der Waals surface area (Å²) in [5, 5.41) is 9.73. The molecule has 0 aliphatic carbocycles. The van der Waals surface area contributed by atoms with Crippen LogP contribution in [0.3, 0.4) is 0 Å². The van der Waals surface area contributed by atoms with Crippen LogP contribution in [0.5, 0.6) is 0 Å². The number of aliphatic hydroxyl groups excluding tert-OH is 1. The summed E-state index contributed by atoms with van der Waals surface area (Å²) in [7, 11) is 1.53. The Balaban J connectivity index is 2.17. The first-order valence-electron chi connectivity index (χ1n) is 5.29. The molecule has 1 aliphatic heterocycles. The van der Waals surface area contributed by atoms with Crippen LogP contribution in [0.15, 0.2) is 17.1 Å². The molecular weight excluding hydrogens is 226 g/mol. The number of aromatic nitrogens is 2. The molecule has 17 heavy (non-hydrogen) atoms. The van der Waals surface area contributed by atoms with E-state index in [9.17, 15) is 9.90 Å². The summed E-state index contributed by atoms with van der Waals surface area (Å²) >= 11 is 0. The Bertz CT molecular complexity index is 447. The molecule has 1 unspecified atom stereocenters. The number of hydrogen-bond donors (Lipinski definition) is 2. The van der Waals surface area contributed by atoms with E-state index in [1.165, 1.54) is 23.9 Å². The largest absolute Gasteiger partial charge is 0.390 e. The van der Waals surface area contributed by atoms with Gasteiger partial charge in [-0.25, -0.2) is 4.79 Å². The number of nitrogens with two attached hydrogens (primary N) is 1. The second-order valence-corrected chi connectivity index (χ2v) is 3.93. The van der Waals surface area contributed by atoms with Crippen molar-refractivity contribution in [1.29, 1.82) is 0 Å². The number of ether oxygens (including phenoxy) is 2. The fourth-order valence-corrected chi connectivity index (χ4v) is 1.85. The van der Waals surface area contributed by atoms with Gasteiger partial charge in [0.15, 0.2) is 0 Å². The van der Waals surface area contributed by atoms with Crippen molar-refractivity contribution < 1.29 is 14.6 Å². The van der Waals surface area contributed by atoms with Gasteiger partial charge in [0.1, 0.15) is 18.1 Å². The van der Waals surface area contributed by atoms with E-state index in [2.05, 4.69) is 4.98 Å². The lowest BCUT2D eigenvalue weighted by molar-refractivity contribution is -0.0546. The summed E-state index contributed by atoms with van der Waals surface area (Å²) in [6.07, 6.45) is 0.251. The number of aliphatic hydroxyl groups is 1. The van der Waals surface area contributed by atoms with Gasteiger partial charge >= 0.3 is 5.69 Å². The van der Waals surface area contributed by atoms with Crippen molar-refractivity contribution in [2.75, 3.05) is 19.5 Å². The highest BCUT2D eigenvalue weighted by molar-refractivity contribution is 5.23. The lowest BCUT2D eigenvalue weighted by Gasteiger charge is -2.15. The molecule has 7 nitrogen and oxygen atoms in total. The van der Waals surface area contributed by atoms with E-state index in [4.69, 9.17) is 15.2 Å². The average molecular weight is 241 g/mol. The second-order valence-electron chi connectivity index (χ2n) is 3.93. The lowest BCUT2D eigenvalue weighted by atomic mass is 10.2. The maximum atomic E-state index is 11.6. The van der Waals surface area contributed by atoms with Gasteiger partial charge in [-0.15, -0.1) is 0 Å². The molecule has 0 spiro atoms. The second kappa shape index (κ2) is 4.82. The Morgan fingerprint density at radius 3 is 3.18 bits per heavy atom. The van der Waals surface area contributed by atoms with Crippen LogP contribution in [0.2, 0.25) is 0 Å². The SMILES string of the molecule is COC[C@H]1O[C@@H](n2ccc(N)nc2=O)CC1O. The normalized spacial score (nSPS) is 28.5. The van der Waals surface area contributed by atoms with Crippen molar-refractivity contribution >= 4 is 5.82 Å². The Hall–Kier alpha value is -1.44. The van der Waals surface area contributed by atoms with Crippen molar-refractivity contribution in [3.05, 3.63) is 22.7 Å². The molecule has 2 rings (SSSR count). The molecular formula is C10H15N3O4. The molecule has 0 bridgehead atoms. The summed E-state index contributed by atoms with van der Waals surface area (Å²) in [4.78, 5) is 15.2. The first-order valence-corrected chi connectivity index (χ1v) is 5.29. The molecule has 94 valence electrons. The maximum absolute atomic E-state index is 11.6. The molecule has 1 aromatic rings. The third-order valence-electron chi connectivity index (χ3n) is 2.70. The Kier molecular flexibility index (Phi) is 3.41. The third kappa shape index (κ3) is 2.46. The van der Waals surface area contributed by atoms with Crippen molar-refractivity contribution in [2.45, 2.75) is 24.9 Å². The predicted molar refractivity (Wildman–Crippen MR) is 59.3 cm³/mol. The number of rotatable bonds is 3. The number of anilines is 1. The summed E-state index contributed by atoms with van der Waals surface area (Å²) < 4.78 is 11.8. The lowest BCUT2D eigenvalue weighted by Crippen LogP contribution is -2.28. The van der Waals surface area contributed by atoms with E-state index in [-0.39, 0.29) is 12.4 Å². The quantitative estimate of drug-likeness (QED) is 0.713. The first-order chi connectivity index (χ1) is 8.11. The monoisotopic (exact) mass is 241 g/mol. The molecule has 2 heterocycles. The predicted octanol–water partition coefficient (Wildman–Crippen LogP) is -0.880. The van der Waals surface area contributed by atoms with E-state index in [0.717, 1.165) is 0 Å². The Morgan fingerprint density at radius 1 is 1.76 bits per heavy atom. The van der Waals surface area contributed by atoms with Crippen LogP contribution in [-0.4, -0.2) is 40.6 Å². The van der Waals surface area contributed by atoms with E-state index < -0.39 is 24.1 Å². The first kappa shape index (κ1) is 12.0. The molecule has 0 amide bonds. The molecule has 3 N–H and O–H groups in total. The average Bonchev–Trinajstić information content (AvgIpc) is 2.60. The zero-order chi connectivity index (χ0) is 12.4. The van der Waals surface area contributed by atoms with Crippen LogP contribution in [0.1, 0.15) is 12.6 Å². The number of methoxy groups -OCH3 is 1. The minimum Gasteiger partial charge on any atom is -0.390 e. The standard InChI is InChI=1S/C10H15N3O4/c1-16-5-7-6(14)4-9(17-7)13-3-2-8(11)12-10(13)15/h2-3,6-7,9,14H,4-5H2,1H3,(H2,11,12,15)/t6?,7-,9-/m1/s1. The smallest absolute Gasteiger partial charge is 0.351 e. The number of nitrogens with zero attached hydrogens (tertiary/aromatic N) is 2. The molecule has 1 aromatic heterocycles. The highest BCUT2D eigenvalue weighted by Crippen LogP contribution is 2.27. The van der Waals surface area contributed by atoms with E-state index >= 15 is 0 Å². The summed E-state index contributed by atoms with van der Waals surface area (Å²) in [6.45, 7) is 0.287. The van der Waals surface area contributed by atoms with Crippen molar-refractivity contribution in [1.82, 2.24) is 9.55 Å². The molecule has 1 aliphatic rings. The van der Waals surface area contributed by atoms with Gasteiger partial charge in [0.2, 0.25) is 0 Å². The van der Waals surface area contributed by atoms with E-state index in [1.54, 1.807) is 0 Å². The zero-order valence-corrected chi connectivity index (χ0v) is 9.44. The molecule has 1 saturated heterocycles. The van der Waals surface area contributed by atoms with Gasteiger partial charge in [-0.2, -0.15) is 4.98 Å². The molecule has 3 atom stereocenters. The van der Waals surface area contributed by atoms with Gasteiger partial charge in [-0.3, -0.25) is 4.57 Å². The fraction of sp³-hybridized carbons (Fsp3) is 0.600. The van der Waals surface area contributed by atoms with Crippen molar-refractivity contribution in [3.8, 4) is 0 Å². The fourth-order valence-electron chi connectivity index (χ4n) is 1.85. The van der Waals surface area contributed by atoms with Crippen LogP contribution >= 0.6 is 0 Å². The summed E-state index contributed by atoms with van der Waals surface area (Å²) in [6, 6.07) is 1.51. The number of nitrogen functional groups attached to an aromatic ring is 1. The van der Waals surface area contributed by atoms with Gasteiger partial charge in [0.25, 0.3) is 0 Å². The van der Waals surface area contributed by atoms with E-state index in [0.29, 0.717) is 6.42 Å². The highest BCUT2D eigenvalue weighted by atomic mass is 16.6. The van der Waals surface area contributed by atoms with Crippen LogP contribution in [0.4, 0.5) is 5.82 Å².